The van der Waals surface area contributed by atoms with Gasteiger partial charge in [0, 0.05) is 24.6 Å². The summed E-state index contributed by atoms with van der Waals surface area (Å²) in [4.78, 5) is 35.4. The zero-order valence-corrected chi connectivity index (χ0v) is 16.4. The molecule has 0 saturated heterocycles. The zero-order valence-electron chi connectivity index (χ0n) is 15.6. The number of rotatable bonds is 6. The van der Waals surface area contributed by atoms with Crippen molar-refractivity contribution in [3.05, 3.63) is 54.1 Å². The molecule has 0 aliphatic carbocycles. The van der Waals surface area contributed by atoms with Crippen LogP contribution in [0.3, 0.4) is 0 Å². The lowest BCUT2D eigenvalue weighted by molar-refractivity contribution is -0.123. The molecule has 2 rings (SSSR count). The molecule has 2 amide bonds. The number of hydrogen-bond donors (Lipinski definition) is 2. The number of anilines is 2. The second kappa shape index (κ2) is 8.66. The number of nitrogens with one attached hydrogen (secondary N) is 2. The van der Waals surface area contributed by atoms with E-state index in [0.717, 1.165) is 6.26 Å². The van der Waals surface area contributed by atoms with Crippen molar-refractivity contribution in [2.45, 2.75) is 24.8 Å². The number of hydrogen-bond acceptors (Lipinski definition) is 6. The Morgan fingerprint density at radius 3 is 2.00 bits per heavy atom. The van der Waals surface area contributed by atoms with E-state index in [1.165, 1.54) is 38.1 Å². The minimum absolute atomic E-state index is 0.135. The molecule has 0 unspecified atom stereocenters. The summed E-state index contributed by atoms with van der Waals surface area (Å²) in [5, 5.41) is 5.18. The average molecular weight is 404 g/mol. The monoisotopic (exact) mass is 404 g/mol. The SMILES string of the molecule is CC(=O)Nc1ccc(NC(=O)[C@@H](C)OC(=O)c2ccccc2S(C)(=O)=O)cc1. The Morgan fingerprint density at radius 2 is 1.46 bits per heavy atom. The number of carbonyl (C=O) groups is 3. The number of carbonyl (C=O) groups excluding carboxylic acids is 3. The predicted octanol–water partition coefficient (Wildman–Crippen LogP) is 2.23. The quantitative estimate of drug-likeness (QED) is 0.713. The van der Waals surface area contributed by atoms with E-state index in [4.69, 9.17) is 4.74 Å². The molecule has 28 heavy (non-hydrogen) atoms. The second-order valence-electron chi connectivity index (χ2n) is 6.06. The molecule has 2 N–H and O–H groups in total. The van der Waals surface area contributed by atoms with Gasteiger partial charge in [-0.25, -0.2) is 13.2 Å². The van der Waals surface area contributed by atoms with Crippen LogP contribution >= 0.6 is 0 Å². The number of ether oxygens (including phenoxy) is 1. The van der Waals surface area contributed by atoms with Gasteiger partial charge in [0.25, 0.3) is 5.91 Å². The summed E-state index contributed by atoms with van der Waals surface area (Å²) < 4.78 is 28.7. The molecule has 2 aromatic rings. The van der Waals surface area contributed by atoms with Crippen molar-refractivity contribution >= 4 is 39.0 Å². The first-order chi connectivity index (χ1) is 13.1. The van der Waals surface area contributed by atoms with E-state index in [1.54, 1.807) is 24.3 Å². The summed E-state index contributed by atoms with van der Waals surface area (Å²) in [6, 6.07) is 12.0. The molecule has 148 valence electrons. The van der Waals surface area contributed by atoms with Crippen LogP contribution in [0.2, 0.25) is 0 Å². The molecule has 9 heteroatoms. The number of esters is 1. The maximum absolute atomic E-state index is 12.3. The van der Waals surface area contributed by atoms with Gasteiger partial charge in [-0.3, -0.25) is 9.59 Å². The maximum atomic E-state index is 12.3. The molecule has 0 radical (unpaired) electrons. The topological polar surface area (TPSA) is 119 Å². The first-order valence-corrected chi connectivity index (χ1v) is 10.2. The first-order valence-electron chi connectivity index (χ1n) is 8.26. The third-order valence-electron chi connectivity index (χ3n) is 3.63. The van der Waals surface area contributed by atoms with Gasteiger partial charge in [0.2, 0.25) is 5.91 Å². The molecule has 0 saturated carbocycles. The normalized spacial score (nSPS) is 12.0. The Bertz CT molecular complexity index is 999. The smallest absolute Gasteiger partial charge is 0.340 e. The minimum Gasteiger partial charge on any atom is -0.449 e. The van der Waals surface area contributed by atoms with Crippen LogP contribution in [0.1, 0.15) is 24.2 Å². The Balaban J connectivity index is 2.05. The summed E-state index contributed by atoms with van der Waals surface area (Å²) in [7, 11) is -3.63. The highest BCUT2D eigenvalue weighted by atomic mass is 32.2. The van der Waals surface area contributed by atoms with E-state index in [-0.39, 0.29) is 16.4 Å². The van der Waals surface area contributed by atoms with E-state index >= 15 is 0 Å². The highest BCUT2D eigenvalue weighted by Gasteiger charge is 2.23. The van der Waals surface area contributed by atoms with Crippen molar-refractivity contribution in [3.63, 3.8) is 0 Å². The fourth-order valence-electron chi connectivity index (χ4n) is 2.32. The summed E-state index contributed by atoms with van der Waals surface area (Å²) in [5.41, 5.74) is 0.880. The van der Waals surface area contributed by atoms with Gasteiger partial charge in [-0.2, -0.15) is 0 Å². The highest BCUT2D eigenvalue weighted by molar-refractivity contribution is 7.90. The van der Waals surface area contributed by atoms with Crippen LogP contribution in [-0.4, -0.2) is 38.6 Å². The number of sulfone groups is 1. The van der Waals surface area contributed by atoms with Crippen LogP contribution in [-0.2, 0) is 24.2 Å². The molecule has 0 fully saturated rings. The van der Waals surface area contributed by atoms with Crippen molar-refractivity contribution in [2.75, 3.05) is 16.9 Å². The molecule has 0 spiro atoms. The van der Waals surface area contributed by atoms with E-state index in [0.29, 0.717) is 11.4 Å². The van der Waals surface area contributed by atoms with Crippen LogP contribution < -0.4 is 10.6 Å². The van der Waals surface area contributed by atoms with Crippen molar-refractivity contribution < 1.29 is 27.5 Å². The van der Waals surface area contributed by atoms with Gasteiger partial charge in [-0.05, 0) is 43.3 Å². The molecule has 0 aliphatic heterocycles. The fourth-order valence-corrected chi connectivity index (χ4v) is 3.20. The minimum atomic E-state index is -3.63. The first kappa shape index (κ1) is 21.1. The predicted molar refractivity (Wildman–Crippen MR) is 104 cm³/mol. The van der Waals surface area contributed by atoms with Gasteiger partial charge in [0.1, 0.15) is 0 Å². The molecule has 0 aromatic heterocycles. The molecule has 2 aromatic carbocycles. The number of benzene rings is 2. The van der Waals surface area contributed by atoms with Crippen molar-refractivity contribution in [1.82, 2.24) is 0 Å². The largest absolute Gasteiger partial charge is 0.449 e. The number of amides is 2. The molecule has 0 heterocycles. The lowest BCUT2D eigenvalue weighted by Crippen LogP contribution is -2.30. The average Bonchev–Trinajstić information content (AvgIpc) is 2.62. The second-order valence-corrected chi connectivity index (χ2v) is 8.05. The Hall–Kier alpha value is -3.20. The Morgan fingerprint density at radius 1 is 0.929 bits per heavy atom. The molecule has 0 bridgehead atoms. The van der Waals surface area contributed by atoms with Crippen LogP contribution in [0, 0.1) is 0 Å². The van der Waals surface area contributed by atoms with Crippen LogP contribution in [0.15, 0.2) is 53.4 Å². The van der Waals surface area contributed by atoms with E-state index < -0.39 is 27.8 Å². The maximum Gasteiger partial charge on any atom is 0.340 e. The fraction of sp³-hybridized carbons (Fsp3) is 0.211. The molecule has 0 aliphatic rings. The van der Waals surface area contributed by atoms with Gasteiger partial charge < -0.3 is 15.4 Å². The van der Waals surface area contributed by atoms with E-state index in [2.05, 4.69) is 10.6 Å². The molecule has 8 nitrogen and oxygen atoms in total. The molecule has 1 atom stereocenters. The summed E-state index contributed by atoms with van der Waals surface area (Å²) in [5.74, 6) is -1.71. The van der Waals surface area contributed by atoms with Crippen molar-refractivity contribution in [3.8, 4) is 0 Å². The Kier molecular flexibility index (Phi) is 6.53. The highest BCUT2D eigenvalue weighted by Crippen LogP contribution is 2.18. The zero-order chi connectivity index (χ0) is 20.9. The third kappa shape index (κ3) is 5.65. The molecular weight excluding hydrogens is 384 g/mol. The van der Waals surface area contributed by atoms with Gasteiger partial charge in [0.15, 0.2) is 15.9 Å². The third-order valence-corrected chi connectivity index (χ3v) is 4.79. The summed E-state index contributed by atoms with van der Waals surface area (Å²) in [6.45, 7) is 2.76. The lowest BCUT2D eigenvalue weighted by atomic mass is 10.2. The van der Waals surface area contributed by atoms with Gasteiger partial charge >= 0.3 is 5.97 Å². The standard InChI is InChI=1S/C19H20N2O6S/c1-12(18(23)21-15-10-8-14(9-11-15)20-13(2)22)27-19(24)16-6-4-5-7-17(16)28(3,25)26/h4-12H,1-3H3,(H,20,22)(H,21,23)/t12-/m1/s1. The van der Waals surface area contributed by atoms with Gasteiger partial charge in [-0.15, -0.1) is 0 Å². The summed E-state index contributed by atoms with van der Waals surface area (Å²) in [6.07, 6.45) is -0.171. The summed E-state index contributed by atoms with van der Waals surface area (Å²) >= 11 is 0. The van der Waals surface area contributed by atoms with Crippen LogP contribution in [0.4, 0.5) is 11.4 Å². The van der Waals surface area contributed by atoms with Crippen LogP contribution in [0.25, 0.3) is 0 Å². The van der Waals surface area contributed by atoms with Crippen LogP contribution in [0.5, 0.6) is 0 Å². The van der Waals surface area contributed by atoms with Gasteiger partial charge in [0.05, 0.1) is 10.5 Å². The molecular formula is C19H20N2O6S. The van der Waals surface area contributed by atoms with E-state index in [1.807, 2.05) is 0 Å². The Labute approximate surface area is 162 Å². The van der Waals surface area contributed by atoms with Crippen molar-refractivity contribution in [1.29, 1.82) is 0 Å². The van der Waals surface area contributed by atoms with Gasteiger partial charge in [-0.1, -0.05) is 12.1 Å². The lowest BCUT2D eigenvalue weighted by Gasteiger charge is -2.15. The van der Waals surface area contributed by atoms with E-state index in [9.17, 15) is 22.8 Å². The van der Waals surface area contributed by atoms with Crippen molar-refractivity contribution in [2.24, 2.45) is 0 Å².